The van der Waals surface area contributed by atoms with Crippen molar-refractivity contribution in [2.75, 3.05) is 6.54 Å². The molecular formula is C15H16NO. The topological polar surface area (TPSA) is 29.1 Å². The summed E-state index contributed by atoms with van der Waals surface area (Å²) in [5.74, 6) is -0.00440. The Morgan fingerprint density at radius 2 is 1.88 bits per heavy atom. The van der Waals surface area contributed by atoms with Crippen molar-refractivity contribution in [2.24, 2.45) is 0 Å². The Hall–Kier alpha value is -1.83. The first-order valence-electron chi connectivity index (χ1n) is 5.88. The van der Waals surface area contributed by atoms with Crippen molar-refractivity contribution in [2.45, 2.75) is 12.8 Å². The van der Waals surface area contributed by atoms with Gasteiger partial charge in [0, 0.05) is 12.1 Å². The Kier molecular flexibility index (Phi) is 3.76. The third kappa shape index (κ3) is 2.64. The first-order valence-corrected chi connectivity index (χ1v) is 5.88. The largest absolute Gasteiger partial charge is 0.352 e. The molecule has 0 saturated heterocycles. The minimum atomic E-state index is -0.00440. The molecule has 0 heterocycles. The van der Waals surface area contributed by atoms with Crippen LogP contribution in [0.25, 0.3) is 10.8 Å². The summed E-state index contributed by atoms with van der Waals surface area (Å²) in [6.07, 6.45) is 1.76. The van der Waals surface area contributed by atoms with Crippen molar-refractivity contribution >= 4 is 16.7 Å². The minimum absolute atomic E-state index is 0.00440. The van der Waals surface area contributed by atoms with Crippen molar-refractivity contribution in [1.29, 1.82) is 0 Å². The van der Waals surface area contributed by atoms with Crippen LogP contribution in [-0.2, 0) is 0 Å². The van der Waals surface area contributed by atoms with E-state index in [1.807, 2.05) is 42.5 Å². The quantitative estimate of drug-likeness (QED) is 0.797. The van der Waals surface area contributed by atoms with E-state index in [1.165, 1.54) is 0 Å². The van der Waals surface area contributed by atoms with Crippen LogP contribution < -0.4 is 5.32 Å². The monoisotopic (exact) mass is 226 g/mol. The van der Waals surface area contributed by atoms with Crippen LogP contribution in [0.1, 0.15) is 23.2 Å². The van der Waals surface area contributed by atoms with E-state index in [0.29, 0.717) is 6.54 Å². The molecule has 0 spiro atoms. The first kappa shape index (κ1) is 11.6. The van der Waals surface area contributed by atoms with Crippen LogP contribution in [0.3, 0.4) is 0 Å². The molecule has 0 aliphatic carbocycles. The van der Waals surface area contributed by atoms with E-state index >= 15 is 0 Å². The molecule has 87 valence electrons. The van der Waals surface area contributed by atoms with E-state index in [9.17, 15) is 4.79 Å². The highest BCUT2D eigenvalue weighted by Crippen LogP contribution is 2.18. The maximum Gasteiger partial charge on any atom is 0.251 e. The van der Waals surface area contributed by atoms with Gasteiger partial charge < -0.3 is 5.32 Å². The van der Waals surface area contributed by atoms with Gasteiger partial charge in [-0.05, 0) is 23.3 Å². The van der Waals surface area contributed by atoms with Crippen LogP contribution in [0.5, 0.6) is 0 Å². The van der Waals surface area contributed by atoms with E-state index in [1.54, 1.807) is 0 Å². The van der Waals surface area contributed by atoms with E-state index in [-0.39, 0.29) is 5.91 Å². The number of hydrogen-bond donors (Lipinski definition) is 1. The van der Waals surface area contributed by atoms with Crippen molar-refractivity contribution in [3.05, 3.63) is 55.0 Å². The fraction of sp³-hybridized carbons (Fsp3) is 0.200. The third-order valence-electron chi connectivity index (χ3n) is 2.75. The van der Waals surface area contributed by atoms with Gasteiger partial charge in [-0.15, -0.1) is 0 Å². The van der Waals surface area contributed by atoms with Gasteiger partial charge in [0.25, 0.3) is 5.91 Å². The second-order valence-electron chi connectivity index (χ2n) is 3.99. The zero-order valence-corrected chi connectivity index (χ0v) is 9.78. The van der Waals surface area contributed by atoms with Crippen LogP contribution in [0.2, 0.25) is 0 Å². The van der Waals surface area contributed by atoms with E-state index in [2.05, 4.69) is 12.2 Å². The summed E-state index contributed by atoms with van der Waals surface area (Å²) in [5, 5.41) is 5.01. The zero-order chi connectivity index (χ0) is 12.1. The molecule has 0 saturated carbocycles. The maximum absolute atomic E-state index is 12.0. The van der Waals surface area contributed by atoms with Crippen molar-refractivity contribution < 1.29 is 4.79 Å². The van der Waals surface area contributed by atoms with Gasteiger partial charge in [-0.3, -0.25) is 4.79 Å². The number of nitrogens with one attached hydrogen (secondary N) is 1. The minimum Gasteiger partial charge on any atom is -0.352 e. The second kappa shape index (κ2) is 5.48. The number of unbranched alkanes of at least 4 members (excludes halogenated alkanes) is 1. The molecule has 2 aromatic carbocycles. The van der Waals surface area contributed by atoms with E-state index in [4.69, 9.17) is 0 Å². The van der Waals surface area contributed by atoms with Gasteiger partial charge in [-0.2, -0.15) is 0 Å². The highest BCUT2D eigenvalue weighted by atomic mass is 16.1. The molecular weight excluding hydrogens is 210 g/mol. The Balaban J connectivity index is 2.26. The van der Waals surface area contributed by atoms with E-state index in [0.717, 1.165) is 29.2 Å². The Bertz CT molecular complexity index is 514. The molecule has 1 amide bonds. The summed E-state index contributed by atoms with van der Waals surface area (Å²) < 4.78 is 0. The second-order valence-corrected chi connectivity index (χ2v) is 3.99. The predicted molar refractivity (Wildman–Crippen MR) is 70.9 cm³/mol. The Morgan fingerprint density at radius 1 is 1.12 bits per heavy atom. The fourth-order valence-electron chi connectivity index (χ4n) is 1.85. The highest BCUT2D eigenvalue weighted by Gasteiger charge is 2.08. The standard InChI is InChI=1S/C15H16NO/c1-2-3-11-16-15(17)14-10-6-8-12-7-4-5-9-13(12)14/h4-10H,1-3,11H2,(H,16,17). The van der Waals surface area contributed by atoms with Crippen molar-refractivity contribution in [1.82, 2.24) is 5.32 Å². The molecule has 17 heavy (non-hydrogen) atoms. The number of benzene rings is 2. The first-order chi connectivity index (χ1) is 8.33. The zero-order valence-electron chi connectivity index (χ0n) is 9.78. The third-order valence-corrected chi connectivity index (χ3v) is 2.75. The number of amides is 1. The summed E-state index contributed by atoms with van der Waals surface area (Å²) in [6, 6.07) is 13.7. The van der Waals surface area contributed by atoms with Gasteiger partial charge in [-0.1, -0.05) is 49.7 Å². The van der Waals surface area contributed by atoms with Gasteiger partial charge in [-0.25, -0.2) is 0 Å². The SMILES string of the molecule is [CH2]CCCNC(=O)c1cccc2ccccc12. The maximum atomic E-state index is 12.0. The molecule has 0 bridgehead atoms. The summed E-state index contributed by atoms with van der Waals surface area (Å²) in [5.41, 5.74) is 0.743. The van der Waals surface area contributed by atoms with Gasteiger partial charge in [0.2, 0.25) is 0 Å². The van der Waals surface area contributed by atoms with Crippen LogP contribution in [0.15, 0.2) is 42.5 Å². The van der Waals surface area contributed by atoms with Crippen LogP contribution in [0.4, 0.5) is 0 Å². The number of fused-ring (bicyclic) bond motifs is 1. The molecule has 0 unspecified atom stereocenters. The van der Waals surface area contributed by atoms with Crippen LogP contribution in [0, 0.1) is 6.92 Å². The highest BCUT2D eigenvalue weighted by molar-refractivity contribution is 6.06. The fourth-order valence-corrected chi connectivity index (χ4v) is 1.85. The molecule has 0 aromatic heterocycles. The molecule has 1 radical (unpaired) electrons. The lowest BCUT2D eigenvalue weighted by atomic mass is 10.0. The van der Waals surface area contributed by atoms with Gasteiger partial charge in [0.15, 0.2) is 0 Å². The molecule has 2 aromatic rings. The van der Waals surface area contributed by atoms with Crippen molar-refractivity contribution in [3.8, 4) is 0 Å². The van der Waals surface area contributed by atoms with Gasteiger partial charge >= 0.3 is 0 Å². The van der Waals surface area contributed by atoms with Gasteiger partial charge in [0.05, 0.1) is 0 Å². The summed E-state index contributed by atoms with van der Waals surface area (Å²) >= 11 is 0. The Labute approximate surface area is 102 Å². The normalized spacial score (nSPS) is 10.4. The number of carbonyl (C=O) groups excluding carboxylic acids is 1. The van der Waals surface area contributed by atoms with Crippen LogP contribution in [-0.4, -0.2) is 12.5 Å². The number of carbonyl (C=O) groups is 1. The summed E-state index contributed by atoms with van der Waals surface area (Å²) in [4.78, 5) is 12.0. The average Bonchev–Trinajstić information content (AvgIpc) is 2.38. The molecule has 0 aliphatic rings. The lowest BCUT2D eigenvalue weighted by molar-refractivity contribution is 0.0955. The summed E-state index contributed by atoms with van der Waals surface area (Å²) in [7, 11) is 0. The lowest BCUT2D eigenvalue weighted by Gasteiger charge is -2.07. The molecule has 0 fully saturated rings. The molecule has 2 nitrogen and oxygen atoms in total. The van der Waals surface area contributed by atoms with E-state index < -0.39 is 0 Å². The predicted octanol–water partition coefficient (Wildman–Crippen LogP) is 3.18. The average molecular weight is 226 g/mol. The smallest absolute Gasteiger partial charge is 0.251 e. The summed E-state index contributed by atoms with van der Waals surface area (Å²) in [6.45, 7) is 4.44. The molecule has 0 aliphatic heterocycles. The van der Waals surface area contributed by atoms with Crippen LogP contribution >= 0.6 is 0 Å². The van der Waals surface area contributed by atoms with Gasteiger partial charge in [0.1, 0.15) is 0 Å². The number of hydrogen-bond acceptors (Lipinski definition) is 1. The molecule has 2 heteroatoms. The molecule has 0 atom stereocenters. The Morgan fingerprint density at radius 3 is 2.71 bits per heavy atom. The van der Waals surface area contributed by atoms with Crippen molar-refractivity contribution in [3.63, 3.8) is 0 Å². The molecule has 2 rings (SSSR count). The number of rotatable bonds is 4. The molecule has 1 N–H and O–H groups in total. The lowest BCUT2D eigenvalue weighted by Crippen LogP contribution is -2.24.